The van der Waals surface area contributed by atoms with E-state index in [4.69, 9.17) is 22.8 Å². The normalized spacial score (nSPS) is 18.5. The third kappa shape index (κ3) is 6.68. The Labute approximate surface area is 448 Å². The number of hydrogen-bond donors (Lipinski definition) is 0. The van der Waals surface area contributed by atoms with Gasteiger partial charge in [-0.3, -0.25) is 0 Å². The minimum absolute atomic E-state index is 0.0791. The zero-order valence-corrected chi connectivity index (χ0v) is 36.3. The van der Waals surface area contributed by atoms with Crippen LogP contribution in [0, 0.1) is 0 Å². The molecule has 3 nitrogen and oxygen atoms in total. The molecule has 69 heavy (non-hydrogen) atoms. The first kappa shape index (κ1) is 19.0. The van der Waals surface area contributed by atoms with Crippen LogP contribution in [-0.4, -0.2) is 22.2 Å². The number of fused-ring (bicyclic) bond motifs is 6. The zero-order chi connectivity index (χ0) is 74.4. The van der Waals surface area contributed by atoms with E-state index >= 15 is 0 Å². The maximum absolute atomic E-state index is 10.9. The summed E-state index contributed by atoms with van der Waals surface area (Å²) in [5, 5.41) is -3.05. The largest absolute Gasteiger partial charge is 0.309 e. The van der Waals surface area contributed by atoms with Gasteiger partial charge in [0.15, 0.2) is 8.07 Å². The Bertz CT molecular complexity index is 5770. The van der Waals surface area contributed by atoms with Gasteiger partial charge in [0, 0.05) is 32.7 Å². The molecule has 3 heterocycles. The molecule has 0 fully saturated rings. The predicted molar refractivity (Wildman–Crippen MR) is 293 cm³/mol. The number of para-hydroxylation sites is 5. The molecule has 0 aliphatic heterocycles. The van der Waals surface area contributed by atoms with Crippen LogP contribution in [0.2, 0.25) is 0 Å². The van der Waals surface area contributed by atoms with Crippen LogP contribution in [0.4, 0.5) is 0 Å². The first-order chi connectivity index (χ1) is 48.0. The van der Waals surface area contributed by atoms with Gasteiger partial charge in [0.25, 0.3) is 0 Å². The molecule has 0 saturated heterocycles. The van der Waals surface area contributed by atoms with Crippen LogP contribution in [0.25, 0.3) is 88.6 Å². The minimum Gasteiger partial charge on any atom is -0.309 e. The monoisotopic (exact) mass is 929 g/mol. The molecule has 0 radical (unpaired) electrons. The van der Waals surface area contributed by atoms with Crippen molar-refractivity contribution in [3.05, 3.63) is 272 Å². The lowest BCUT2D eigenvalue weighted by Gasteiger charge is -2.35. The van der Waals surface area contributed by atoms with Crippen molar-refractivity contribution in [3.63, 3.8) is 0 Å². The smallest absolute Gasteiger partial charge is 0.179 e. The van der Waals surface area contributed by atoms with E-state index in [0.29, 0.717) is 0 Å². The molecule has 0 atom stereocenters. The average molecular weight is 929 g/mol. The van der Waals surface area contributed by atoms with Crippen molar-refractivity contribution in [2.24, 2.45) is 0 Å². The molecular formula is C65H45N3Si. The third-order valence-electron chi connectivity index (χ3n) is 11.7. The van der Waals surface area contributed by atoms with Crippen molar-refractivity contribution >= 4 is 72.4 Å². The molecule has 324 valence electrons. The van der Waals surface area contributed by atoms with Gasteiger partial charge in [-0.05, 0) is 74.2 Å². The number of benzene rings is 10. The highest BCUT2D eigenvalue weighted by Gasteiger charge is 2.42. The topological polar surface area (TPSA) is 22.8 Å². The van der Waals surface area contributed by atoms with E-state index in [1.807, 2.05) is 0 Å². The van der Waals surface area contributed by atoms with Crippen LogP contribution in [0.15, 0.2) is 272 Å². The van der Waals surface area contributed by atoms with Gasteiger partial charge in [-0.15, -0.1) is 0 Å². The van der Waals surface area contributed by atoms with E-state index in [-0.39, 0.29) is 10.4 Å². The van der Waals surface area contributed by atoms with E-state index < -0.39 is 306 Å². The lowest BCUT2D eigenvalue weighted by atomic mass is 10.0. The Morgan fingerprint density at radius 3 is 1.35 bits per heavy atom. The molecule has 4 heteroatoms. The molecule has 13 aromatic rings. The molecule has 3 aromatic heterocycles. The summed E-state index contributed by atoms with van der Waals surface area (Å²) in [6, 6.07) is -13.3. The van der Waals surface area contributed by atoms with Gasteiger partial charge >= 0.3 is 0 Å². The number of hydrogen-bond acceptors (Lipinski definition) is 1. The number of rotatable bonds is 9. The summed E-state index contributed by atoms with van der Waals surface area (Å²) in [5.41, 5.74) is -8.42. The Kier molecular flexibility index (Phi) is 4.64. The highest BCUT2D eigenvalue weighted by Crippen LogP contribution is 2.39. The maximum atomic E-state index is 10.9. The van der Waals surface area contributed by atoms with E-state index in [1.54, 1.807) is 12.1 Å². The van der Waals surface area contributed by atoms with E-state index in [2.05, 4.69) is 0 Å². The number of aromatic nitrogens is 3. The Morgan fingerprint density at radius 2 is 0.783 bits per heavy atom. The average Bonchev–Trinajstić information content (AvgIpc) is 1.65. The quantitative estimate of drug-likeness (QED) is 0.104. The fourth-order valence-electron chi connectivity index (χ4n) is 8.82. The van der Waals surface area contributed by atoms with Crippen molar-refractivity contribution in [1.29, 1.82) is 0 Å². The summed E-state index contributed by atoms with van der Waals surface area (Å²) in [7, 11) is -5.26. The zero-order valence-electron chi connectivity index (χ0n) is 68.3. The Morgan fingerprint density at radius 1 is 0.348 bits per heavy atom. The van der Waals surface area contributed by atoms with E-state index in [9.17, 15) is 27.4 Å². The fourth-order valence-corrected chi connectivity index (χ4v) is 13.1. The van der Waals surface area contributed by atoms with Crippen molar-refractivity contribution in [1.82, 2.24) is 14.1 Å². The maximum Gasteiger partial charge on any atom is 0.179 e. The van der Waals surface area contributed by atoms with Crippen molar-refractivity contribution in [2.45, 2.75) is 0 Å². The van der Waals surface area contributed by atoms with Gasteiger partial charge in [0.1, 0.15) is 0 Å². The lowest BCUT2D eigenvalue weighted by Crippen LogP contribution is -2.74. The molecule has 0 unspecified atom stereocenters. The van der Waals surface area contributed by atoms with Gasteiger partial charge < -0.3 is 9.13 Å². The van der Waals surface area contributed by atoms with Crippen LogP contribution >= 0.6 is 0 Å². The van der Waals surface area contributed by atoms with Crippen LogP contribution in [0.1, 0.15) is 45.2 Å². The second-order valence-electron chi connectivity index (χ2n) is 15.4. The van der Waals surface area contributed by atoms with Gasteiger partial charge in [-0.25, -0.2) is 4.98 Å². The Balaban J connectivity index is 1.29. The molecule has 0 spiro atoms. The highest BCUT2D eigenvalue weighted by atomic mass is 28.3. The highest BCUT2D eigenvalue weighted by molar-refractivity contribution is 7.20. The number of pyridine rings is 1. The van der Waals surface area contributed by atoms with Gasteiger partial charge in [0.2, 0.25) is 0 Å². The summed E-state index contributed by atoms with van der Waals surface area (Å²) in [6.07, 6.45) is 0. The first-order valence-corrected chi connectivity index (χ1v) is 23.0. The molecule has 0 bridgehead atoms. The SMILES string of the molecule is [2H]c1c([2H])c([2H])c(-c2c([2H])c([2H])c([2H])c([Si](c3ccccc3)(c3ccccc3)c3c([2H])c([2H])c([2H])c(-c4cc(-n5c6c([2H])c([2H])c([2H])c([2H])c6c6c([2H])c([2H])c([2H])c([2H])c65)cc(-c5c([2H])c([2H])c([2H])c([2H])c5-n5c6c([2H])c([2H])c([2H])c([2H])c6c6c([2H])c([2H])c([2H])c([2H])c65)n4)c3[2H])c2[2H])c([2H])c1[2H]. The molecule has 0 aliphatic carbocycles. The minimum atomic E-state index is -5.26. The molecule has 0 saturated carbocycles. The molecule has 0 amide bonds. The summed E-state index contributed by atoms with van der Waals surface area (Å²) in [6.45, 7) is 0. The van der Waals surface area contributed by atoms with Gasteiger partial charge in [0.05, 0.1) is 90.1 Å². The third-order valence-corrected chi connectivity index (χ3v) is 16.1. The summed E-state index contributed by atoms with van der Waals surface area (Å²) in [5.74, 6) is 0. The van der Waals surface area contributed by atoms with Gasteiger partial charge in [-0.1, -0.05) is 230 Å². The van der Waals surface area contributed by atoms with Crippen molar-refractivity contribution < 1.29 is 45.2 Å². The standard InChI is InChI=1S/C65H45N3Si/c1-4-22-46(23-5-1)47-24-20-30-52(42-47)69(50-26-6-2-7-27-50,51-28-8-3-9-29-51)53-31-21-25-48(43-53)59-44-49(67-61-37-15-10-32-54(61)55-33-11-16-38-62(55)67)45-60(66-59)58-36-14-19-41-65(58)68-63-39-17-12-34-56(63)57-35-13-18-40-64(57)68/h1-45H/i1D,4D,5D,10D,11D,12D,13D,14D,15D,16D,17D,18D,19D,20D,21D,22D,23D,24D,25D,30D,31D,32D,33D,34D,35D,36D,37D,38D,39D,40D,41D,42D,43D. The van der Waals surface area contributed by atoms with E-state index in [0.717, 1.165) is 21.3 Å². The number of nitrogens with zero attached hydrogens (tertiary/aromatic N) is 3. The summed E-state index contributed by atoms with van der Waals surface area (Å²) in [4.78, 5) is 4.96. The summed E-state index contributed by atoms with van der Waals surface area (Å²) >= 11 is 0. The molecular weight excluding hydrogens is 851 g/mol. The molecule has 0 aliphatic rings. The fraction of sp³-hybridized carbons (Fsp3) is 0. The van der Waals surface area contributed by atoms with Crippen LogP contribution in [-0.2, 0) is 0 Å². The molecule has 0 N–H and O–H groups in total. The lowest BCUT2D eigenvalue weighted by molar-refractivity contribution is 1.15. The first-order valence-electron chi connectivity index (χ1n) is 37.5. The van der Waals surface area contributed by atoms with Crippen LogP contribution < -0.4 is 20.7 Å². The van der Waals surface area contributed by atoms with E-state index in [1.165, 1.54) is 48.5 Å². The molecule has 10 aromatic carbocycles. The van der Waals surface area contributed by atoms with Crippen molar-refractivity contribution in [3.8, 4) is 45.0 Å². The van der Waals surface area contributed by atoms with Gasteiger partial charge in [-0.2, -0.15) is 0 Å². The molecule has 13 rings (SSSR count). The summed E-state index contributed by atoms with van der Waals surface area (Å²) < 4.78 is 310. The van der Waals surface area contributed by atoms with Crippen LogP contribution in [0.3, 0.4) is 0 Å². The second-order valence-corrected chi connectivity index (χ2v) is 19.0. The Hall–Kier alpha value is -8.83. The second kappa shape index (κ2) is 16.8. The van der Waals surface area contributed by atoms with Crippen LogP contribution in [0.5, 0.6) is 0 Å². The van der Waals surface area contributed by atoms with Crippen molar-refractivity contribution in [2.75, 3.05) is 0 Å². The predicted octanol–water partition coefficient (Wildman–Crippen LogP) is 13.7.